The third-order valence-corrected chi connectivity index (χ3v) is 3.38. The summed E-state index contributed by atoms with van der Waals surface area (Å²) in [5.74, 6) is 0. The zero-order chi connectivity index (χ0) is 13.5. The second-order valence-electron chi connectivity index (χ2n) is 3.56. The van der Waals surface area contributed by atoms with Gasteiger partial charge in [-0.3, -0.25) is 15.1 Å². The van der Waals surface area contributed by atoms with Crippen molar-refractivity contribution in [2.75, 3.05) is 6.26 Å². The van der Waals surface area contributed by atoms with Gasteiger partial charge in [-0.15, -0.1) is 11.8 Å². The van der Waals surface area contributed by atoms with Gasteiger partial charge in [0.25, 0.3) is 6.04 Å². The van der Waals surface area contributed by atoms with E-state index in [1.54, 1.807) is 25.4 Å². The van der Waals surface area contributed by atoms with Crippen LogP contribution in [0.15, 0.2) is 23.3 Å². The van der Waals surface area contributed by atoms with Crippen LogP contribution in [0.25, 0.3) is 0 Å². The van der Waals surface area contributed by atoms with Crippen molar-refractivity contribution in [2.24, 2.45) is 4.99 Å². The van der Waals surface area contributed by atoms with Crippen molar-refractivity contribution in [1.29, 1.82) is 0 Å². The van der Waals surface area contributed by atoms with E-state index in [-0.39, 0.29) is 4.92 Å². The molecule has 98 valence electrons. The fraction of sp³-hybridized carbons (Fsp3) is 0.455. The lowest BCUT2D eigenvalue weighted by Crippen LogP contribution is -2.26. The number of thioether (sulfide) groups is 1. The lowest BCUT2D eigenvalue weighted by atomic mass is 10.2. The highest BCUT2D eigenvalue weighted by Gasteiger charge is 2.23. The zero-order valence-electron chi connectivity index (χ0n) is 10.2. The van der Waals surface area contributed by atoms with Crippen molar-refractivity contribution >= 4 is 28.4 Å². The zero-order valence-corrected chi connectivity index (χ0v) is 11.7. The molecule has 1 atom stereocenters. The first-order valence-electron chi connectivity index (χ1n) is 5.40. The average Bonchev–Trinajstić information content (AvgIpc) is 2.35. The van der Waals surface area contributed by atoms with Crippen LogP contribution in [0.4, 0.5) is 0 Å². The molecular formula is C11H14ClN3O2S. The first-order chi connectivity index (χ1) is 8.58. The number of hydrogen-bond donors (Lipinski definition) is 0. The molecule has 0 aromatic carbocycles. The minimum Gasteiger partial charge on any atom is -0.271 e. The Kier molecular flexibility index (Phi) is 6.07. The highest BCUT2D eigenvalue weighted by Crippen LogP contribution is 2.13. The maximum Gasteiger partial charge on any atom is 0.259 e. The first-order valence-corrected chi connectivity index (χ1v) is 7.01. The summed E-state index contributed by atoms with van der Waals surface area (Å²) in [6, 6.07) is 2.76. The van der Waals surface area contributed by atoms with Gasteiger partial charge in [0.2, 0.25) is 0 Å². The van der Waals surface area contributed by atoms with Gasteiger partial charge >= 0.3 is 0 Å². The van der Waals surface area contributed by atoms with E-state index in [2.05, 4.69) is 9.98 Å². The van der Waals surface area contributed by atoms with E-state index in [9.17, 15) is 10.1 Å². The Balaban J connectivity index is 2.79. The maximum atomic E-state index is 10.9. The third kappa shape index (κ3) is 4.27. The molecule has 7 heteroatoms. The Labute approximate surface area is 115 Å². The van der Waals surface area contributed by atoms with Gasteiger partial charge in [-0.25, -0.2) is 4.98 Å². The fourth-order valence-electron chi connectivity index (χ4n) is 1.39. The Morgan fingerprint density at radius 2 is 2.39 bits per heavy atom. The van der Waals surface area contributed by atoms with E-state index in [1.165, 1.54) is 11.8 Å². The van der Waals surface area contributed by atoms with Crippen LogP contribution in [-0.4, -0.2) is 27.2 Å². The number of aromatic nitrogens is 1. The molecule has 0 aliphatic carbocycles. The summed E-state index contributed by atoms with van der Waals surface area (Å²) >= 11 is 6.99. The highest BCUT2D eigenvalue weighted by molar-refractivity contribution is 8.13. The SMILES string of the molecule is CCC(C(=NCc1ccc(Cl)nc1)SC)[N+](=O)[O-]. The van der Waals surface area contributed by atoms with E-state index < -0.39 is 6.04 Å². The van der Waals surface area contributed by atoms with Crippen LogP contribution in [0.3, 0.4) is 0 Å². The minimum absolute atomic E-state index is 0.296. The molecule has 1 aromatic heterocycles. The van der Waals surface area contributed by atoms with E-state index in [0.717, 1.165) is 5.56 Å². The van der Waals surface area contributed by atoms with E-state index in [4.69, 9.17) is 11.6 Å². The number of hydrogen-bond acceptors (Lipinski definition) is 5. The molecule has 0 bridgehead atoms. The van der Waals surface area contributed by atoms with E-state index in [0.29, 0.717) is 23.2 Å². The van der Waals surface area contributed by atoms with Crippen LogP contribution in [0.1, 0.15) is 18.9 Å². The first kappa shape index (κ1) is 14.9. The van der Waals surface area contributed by atoms with Gasteiger partial charge in [0.1, 0.15) is 10.2 Å². The van der Waals surface area contributed by atoms with E-state index in [1.807, 2.05) is 6.07 Å². The van der Waals surface area contributed by atoms with Crippen molar-refractivity contribution in [3.63, 3.8) is 0 Å². The van der Waals surface area contributed by atoms with Crippen molar-refractivity contribution in [2.45, 2.75) is 25.9 Å². The molecule has 0 amide bonds. The molecule has 18 heavy (non-hydrogen) atoms. The van der Waals surface area contributed by atoms with Gasteiger partial charge in [-0.05, 0) is 17.9 Å². The van der Waals surface area contributed by atoms with Crippen LogP contribution >= 0.6 is 23.4 Å². The number of nitrogens with zero attached hydrogens (tertiary/aromatic N) is 3. The molecule has 1 heterocycles. The Bertz CT molecular complexity index is 436. The van der Waals surface area contributed by atoms with Crippen LogP contribution in [0.2, 0.25) is 5.15 Å². The molecular weight excluding hydrogens is 274 g/mol. The van der Waals surface area contributed by atoms with Gasteiger partial charge in [-0.2, -0.15) is 0 Å². The molecule has 0 saturated carbocycles. The predicted octanol–water partition coefficient (Wildman–Crippen LogP) is 3.05. The molecule has 0 fully saturated rings. The number of aliphatic imine (C=N–C) groups is 1. The summed E-state index contributed by atoms with van der Waals surface area (Å²) in [5, 5.41) is 11.8. The Morgan fingerprint density at radius 3 is 2.83 bits per heavy atom. The topological polar surface area (TPSA) is 68.4 Å². The average molecular weight is 288 g/mol. The molecule has 1 aromatic rings. The van der Waals surface area contributed by atoms with Crippen LogP contribution < -0.4 is 0 Å². The number of nitro groups is 1. The van der Waals surface area contributed by atoms with Crippen molar-refractivity contribution < 1.29 is 4.92 Å². The van der Waals surface area contributed by atoms with Gasteiger partial charge in [0.15, 0.2) is 0 Å². The van der Waals surface area contributed by atoms with Crippen molar-refractivity contribution in [1.82, 2.24) is 4.98 Å². The minimum atomic E-state index is -0.722. The maximum absolute atomic E-state index is 10.9. The molecule has 0 N–H and O–H groups in total. The monoisotopic (exact) mass is 287 g/mol. The number of halogens is 1. The summed E-state index contributed by atoms with van der Waals surface area (Å²) < 4.78 is 0. The van der Waals surface area contributed by atoms with Crippen LogP contribution in [0.5, 0.6) is 0 Å². The molecule has 0 saturated heterocycles. The smallest absolute Gasteiger partial charge is 0.259 e. The van der Waals surface area contributed by atoms with Crippen molar-refractivity contribution in [3.8, 4) is 0 Å². The Hall–Kier alpha value is -1.14. The van der Waals surface area contributed by atoms with Gasteiger partial charge in [-0.1, -0.05) is 24.6 Å². The predicted molar refractivity (Wildman–Crippen MR) is 75.0 cm³/mol. The number of rotatable bonds is 5. The van der Waals surface area contributed by atoms with Gasteiger partial charge < -0.3 is 0 Å². The molecule has 1 unspecified atom stereocenters. The fourth-order valence-corrected chi connectivity index (χ4v) is 2.22. The summed E-state index contributed by atoms with van der Waals surface area (Å²) in [6.45, 7) is 2.16. The summed E-state index contributed by atoms with van der Waals surface area (Å²) in [5.41, 5.74) is 0.879. The molecule has 0 aliphatic heterocycles. The second kappa shape index (κ2) is 7.33. The lowest BCUT2D eigenvalue weighted by Gasteiger charge is -2.08. The molecule has 1 rings (SSSR count). The molecule has 5 nitrogen and oxygen atoms in total. The van der Waals surface area contributed by atoms with Crippen molar-refractivity contribution in [3.05, 3.63) is 39.2 Å². The molecule has 0 aliphatic rings. The number of pyridine rings is 1. The summed E-state index contributed by atoms with van der Waals surface area (Å²) in [4.78, 5) is 18.8. The van der Waals surface area contributed by atoms with E-state index >= 15 is 0 Å². The Morgan fingerprint density at radius 1 is 1.67 bits per heavy atom. The lowest BCUT2D eigenvalue weighted by molar-refractivity contribution is -0.502. The molecule has 0 radical (unpaired) electrons. The van der Waals surface area contributed by atoms with Gasteiger partial charge in [0, 0.05) is 17.5 Å². The standard InChI is InChI=1S/C11H14ClN3O2S/c1-3-9(15(16)17)11(18-2)14-7-8-4-5-10(12)13-6-8/h4-6,9H,3,7H2,1-2H3. The third-order valence-electron chi connectivity index (χ3n) is 2.34. The largest absolute Gasteiger partial charge is 0.271 e. The molecule has 0 spiro atoms. The van der Waals surface area contributed by atoms with Gasteiger partial charge in [0.05, 0.1) is 6.54 Å². The van der Waals surface area contributed by atoms with Crippen LogP contribution in [-0.2, 0) is 6.54 Å². The quantitative estimate of drug-likeness (QED) is 0.274. The summed E-state index contributed by atoms with van der Waals surface area (Å²) in [6.07, 6.45) is 3.85. The van der Waals surface area contributed by atoms with Crippen LogP contribution in [0, 0.1) is 10.1 Å². The second-order valence-corrected chi connectivity index (χ2v) is 4.77. The normalized spacial score (nSPS) is 13.4. The highest BCUT2D eigenvalue weighted by atomic mass is 35.5. The summed E-state index contributed by atoms with van der Waals surface area (Å²) in [7, 11) is 0.